The summed E-state index contributed by atoms with van der Waals surface area (Å²) >= 11 is 23.4. The molecule has 1 fully saturated rings. The van der Waals surface area contributed by atoms with Crippen LogP contribution in [0.3, 0.4) is 0 Å². The van der Waals surface area contributed by atoms with Gasteiger partial charge in [0.2, 0.25) is 11.1 Å². The summed E-state index contributed by atoms with van der Waals surface area (Å²) < 4.78 is 0.841. The summed E-state index contributed by atoms with van der Waals surface area (Å²) in [5.74, 6) is -0.226. The number of nitrogens with zero attached hydrogens (tertiary/aromatic N) is 2. The molecule has 186 valence electrons. The predicted molar refractivity (Wildman–Crippen MR) is 147 cm³/mol. The van der Waals surface area contributed by atoms with E-state index in [1.165, 1.54) is 11.8 Å². The minimum Gasteiger partial charge on any atom is -0.352 e. The summed E-state index contributed by atoms with van der Waals surface area (Å²) in [6, 6.07) is 10.8. The van der Waals surface area contributed by atoms with Crippen LogP contribution in [0.1, 0.15) is 52.5 Å². The fraction of sp³-hybridized carbons (Fsp3) is 0.280. The van der Waals surface area contributed by atoms with Crippen molar-refractivity contribution in [3.63, 3.8) is 0 Å². The third-order valence-electron chi connectivity index (χ3n) is 6.44. The van der Waals surface area contributed by atoms with Crippen LogP contribution in [0.5, 0.6) is 0 Å². The average molecular weight is 627 g/mol. The van der Waals surface area contributed by atoms with Gasteiger partial charge in [0.25, 0.3) is 0 Å². The first-order valence-electron chi connectivity index (χ1n) is 11.2. The average Bonchev–Trinajstić information content (AvgIpc) is 3.28. The van der Waals surface area contributed by atoms with Gasteiger partial charge in [0, 0.05) is 37.4 Å². The van der Waals surface area contributed by atoms with E-state index in [2.05, 4.69) is 36.4 Å². The molecule has 1 aromatic heterocycles. The Bertz CT molecular complexity index is 1400. The highest BCUT2D eigenvalue weighted by Crippen LogP contribution is 2.44. The fourth-order valence-electron chi connectivity index (χ4n) is 4.65. The van der Waals surface area contributed by atoms with Crippen molar-refractivity contribution in [1.82, 2.24) is 20.5 Å². The van der Waals surface area contributed by atoms with Gasteiger partial charge >= 0.3 is 0 Å². The van der Waals surface area contributed by atoms with Crippen molar-refractivity contribution in [3.8, 4) is 0 Å². The van der Waals surface area contributed by atoms with E-state index in [0.717, 1.165) is 21.2 Å². The molecule has 5 rings (SSSR count). The number of amides is 1. The number of rotatable bonds is 6. The summed E-state index contributed by atoms with van der Waals surface area (Å²) in [7, 11) is 0. The molecule has 36 heavy (non-hydrogen) atoms. The zero-order valence-electron chi connectivity index (χ0n) is 18.9. The molecule has 11 heteroatoms. The van der Waals surface area contributed by atoms with Gasteiger partial charge in [-0.3, -0.25) is 14.7 Å². The molecule has 3 aromatic rings. The Morgan fingerprint density at radius 1 is 1.25 bits per heavy atom. The van der Waals surface area contributed by atoms with Crippen molar-refractivity contribution in [2.24, 2.45) is 0 Å². The minimum absolute atomic E-state index is 0.0377. The Kier molecular flexibility index (Phi) is 7.52. The van der Waals surface area contributed by atoms with Gasteiger partial charge in [-0.25, -0.2) is 4.98 Å². The van der Waals surface area contributed by atoms with Gasteiger partial charge in [0.1, 0.15) is 11.7 Å². The lowest BCUT2D eigenvalue weighted by Gasteiger charge is -2.42. The van der Waals surface area contributed by atoms with Crippen LogP contribution in [0.4, 0.5) is 0 Å². The Balaban J connectivity index is 1.21. The van der Waals surface area contributed by atoms with Crippen LogP contribution in [-0.4, -0.2) is 44.0 Å². The molecule has 4 unspecified atom stereocenters. The van der Waals surface area contributed by atoms with Crippen molar-refractivity contribution < 1.29 is 9.59 Å². The van der Waals surface area contributed by atoms with Crippen molar-refractivity contribution in [1.29, 1.82) is 0 Å². The zero-order valence-corrected chi connectivity index (χ0v) is 23.6. The Labute approximate surface area is 235 Å². The third kappa shape index (κ3) is 5.11. The lowest BCUT2D eigenvalue weighted by Crippen LogP contribution is -2.52. The molecule has 1 heterocycles. The van der Waals surface area contributed by atoms with Crippen LogP contribution < -0.4 is 5.32 Å². The first-order chi connectivity index (χ1) is 17.2. The second-order valence-corrected chi connectivity index (χ2v) is 12.1. The third-order valence-corrected chi connectivity index (χ3v) is 8.79. The van der Waals surface area contributed by atoms with Crippen LogP contribution in [0.15, 0.2) is 51.6 Å². The van der Waals surface area contributed by atoms with Crippen molar-refractivity contribution in [3.05, 3.63) is 79.0 Å². The number of carbonyl (C=O) groups is 2. The largest absolute Gasteiger partial charge is 0.352 e. The van der Waals surface area contributed by atoms with Gasteiger partial charge in [0.05, 0.1) is 5.75 Å². The maximum absolute atomic E-state index is 13.2. The highest BCUT2D eigenvalue weighted by molar-refractivity contribution is 9.10. The SMILES string of the molecule is CC1=Cc2ccc(Br)cc2C(=O)C1c1nc(SCC(=O)NC2CC(Cl)C2c2ccc(Cl)cc2Cl)n[nH]1. The van der Waals surface area contributed by atoms with Crippen LogP contribution >= 0.6 is 62.5 Å². The molecule has 0 aliphatic heterocycles. The number of halogens is 4. The number of aromatic nitrogens is 3. The van der Waals surface area contributed by atoms with Gasteiger partial charge in [-0.05, 0) is 48.7 Å². The van der Waals surface area contributed by atoms with Gasteiger partial charge < -0.3 is 5.32 Å². The number of benzene rings is 2. The summed E-state index contributed by atoms with van der Waals surface area (Å²) in [6.45, 7) is 1.91. The molecule has 0 spiro atoms. The van der Waals surface area contributed by atoms with E-state index in [4.69, 9.17) is 34.8 Å². The number of carbonyl (C=O) groups excluding carboxylic acids is 2. The molecule has 2 N–H and O–H groups in total. The number of hydrogen-bond donors (Lipinski definition) is 2. The van der Waals surface area contributed by atoms with E-state index >= 15 is 0 Å². The molecule has 2 aliphatic rings. The van der Waals surface area contributed by atoms with Crippen LogP contribution in [-0.2, 0) is 4.79 Å². The molecular weight excluding hydrogens is 607 g/mol. The number of Topliss-reactive ketones (excluding diaryl/α,β-unsaturated/α-hetero) is 1. The van der Waals surface area contributed by atoms with E-state index in [-0.39, 0.29) is 34.8 Å². The number of aromatic amines is 1. The highest BCUT2D eigenvalue weighted by atomic mass is 79.9. The van der Waals surface area contributed by atoms with Crippen molar-refractivity contribution in [2.45, 2.75) is 41.8 Å². The number of H-pyrrole nitrogens is 1. The van der Waals surface area contributed by atoms with E-state index in [1.807, 2.05) is 37.3 Å². The van der Waals surface area contributed by atoms with Crippen LogP contribution in [0, 0.1) is 0 Å². The smallest absolute Gasteiger partial charge is 0.230 e. The van der Waals surface area contributed by atoms with Gasteiger partial charge in [-0.1, -0.05) is 74.7 Å². The maximum atomic E-state index is 13.2. The predicted octanol–water partition coefficient (Wildman–Crippen LogP) is 6.63. The summed E-state index contributed by atoms with van der Waals surface area (Å²) in [5, 5.41) is 11.5. The van der Waals surface area contributed by atoms with Crippen LogP contribution in [0.25, 0.3) is 6.08 Å². The molecular formula is C25H20BrCl3N4O2S. The standard InChI is InChI=1S/C25H20BrCl3N4O2S/c1-11-6-12-2-3-13(26)7-16(12)23(35)21(11)24-31-25(33-32-24)36-10-20(34)30-19-9-18(29)22(19)15-5-4-14(27)8-17(15)28/h2-8,18-19,21-22H,9-10H2,1H3,(H,30,34)(H,31,32,33). The van der Waals surface area contributed by atoms with Crippen LogP contribution in [0.2, 0.25) is 10.0 Å². The Hall–Kier alpha value is -1.84. The molecule has 2 aliphatic carbocycles. The van der Waals surface area contributed by atoms with E-state index in [1.54, 1.807) is 12.1 Å². The van der Waals surface area contributed by atoms with Gasteiger partial charge in [-0.15, -0.1) is 16.7 Å². The number of ketones is 1. The van der Waals surface area contributed by atoms with Crippen molar-refractivity contribution in [2.75, 3.05) is 5.75 Å². The minimum atomic E-state index is -0.539. The number of allylic oxidation sites excluding steroid dienone is 1. The first kappa shape index (κ1) is 25.8. The molecule has 4 atom stereocenters. The summed E-state index contributed by atoms with van der Waals surface area (Å²) in [6.07, 6.45) is 2.64. The fourth-order valence-corrected chi connectivity index (χ4v) is 6.67. The van der Waals surface area contributed by atoms with Gasteiger partial charge in [0.15, 0.2) is 5.78 Å². The molecule has 6 nitrogen and oxygen atoms in total. The number of nitrogens with one attached hydrogen (secondary N) is 2. The zero-order chi connectivity index (χ0) is 25.6. The van der Waals surface area contributed by atoms with E-state index < -0.39 is 5.92 Å². The maximum Gasteiger partial charge on any atom is 0.230 e. The number of fused-ring (bicyclic) bond motifs is 1. The summed E-state index contributed by atoms with van der Waals surface area (Å²) in [5.41, 5.74) is 3.28. The number of alkyl halides is 1. The molecule has 2 aromatic carbocycles. The molecule has 0 bridgehead atoms. The molecule has 0 radical (unpaired) electrons. The second kappa shape index (κ2) is 10.5. The second-order valence-electron chi connectivity index (χ2n) is 8.83. The topological polar surface area (TPSA) is 87.7 Å². The molecule has 1 amide bonds. The quantitative estimate of drug-likeness (QED) is 0.237. The molecule has 0 saturated heterocycles. The highest BCUT2D eigenvalue weighted by Gasteiger charge is 2.42. The monoisotopic (exact) mass is 624 g/mol. The lowest BCUT2D eigenvalue weighted by molar-refractivity contribution is -0.119. The molecule has 1 saturated carbocycles. The Morgan fingerprint density at radius 2 is 2.06 bits per heavy atom. The number of thioether (sulfide) groups is 1. The number of hydrogen-bond acceptors (Lipinski definition) is 5. The van der Waals surface area contributed by atoms with E-state index in [0.29, 0.717) is 33.0 Å². The summed E-state index contributed by atoms with van der Waals surface area (Å²) in [4.78, 5) is 30.3. The lowest BCUT2D eigenvalue weighted by atomic mass is 9.74. The van der Waals surface area contributed by atoms with E-state index in [9.17, 15) is 9.59 Å². The first-order valence-corrected chi connectivity index (χ1v) is 14.1. The Morgan fingerprint density at radius 3 is 2.81 bits per heavy atom. The van der Waals surface area contributed by atoms with Crippen molar-refractivity contribution >= 4 is 80.3 Å². The van der Waals surface area contributed by atoms with Gasteiger partial charge in [-0.2, -0.15) is 0 Å². The normalized spacial score (nSPS) is 23.0.